The van der Waals surface area contributed by atoms with Crippen molar-refractivity contribution in [1.82, 2.24) is 14.8 Å². The summed E-state index contributed by atoms with van der Waals surface area (Å²) >= 11 is 1.36. The number of hydrogen-bond donors (Lipinski definition) is 1. The Bertz CT molecular complexity index is 1030. The Labute approximate surface area is 181 Å². The number of ether oxygens (including phenoxy) is 1. The average molecular weight is 423 g/mol. The number of hydrogen-bond acceptors (Lipinski definition) is 5. The van der Waals surface area contributed by atoms with Crippen molar-refractivity contribution >= 4 is 23.4 Å². The van der Waals surface area contributed by atoms with Gasteiger partial charge < -0.3 is 10.1 Å². The van der Waals surface area contributed by atoms with Crippen molar-refractivity contribution in [3.8, 4) is 17.1 Å². The van der Waals surface area contributed by atoms with Gasteiger partial charge in [0, 0.05) is 17.8 Å². The van der Waals surface area contributed by atoms with E-state index in [1.807, 2.05) is 49.6 Å². The summed E-state index contributed by atoms with van der Waals surface area (Å²) in [5.74, 6) is 1.67. The van der Waals surface area contributed by atoms with Crippen LogP contribution in [0.4, 0.5) is 5.69 Å². The van der Waals surface area contributed by atoms with Gasteiger partial charge in [-0.15, -0.1) is 16.8 Å². The highest BCUT2D eigenvalue weighted by Gasteiger charge is 2.16. The second kappa shape index (κ2) is 9.63. The van der Waals surface area contributed by atoms with E-state index in [0.717, 1.165) is 34.0 Å². The molecule has 1 aromatic heterocycles. The quantitative estimate of drug-likeness (QED) is 0.417. The van der Waals surface area contributed by atoms with Crippen LogP contribution in [0.1, 0.15) is 16.7 Å². The van der Waals surface area contributed by atoms with E-state index < -0.39 is 0 Å². The van der Waals surface area contributed by atoms with Crippen molar-refractivity contribution in [2.75, 3.05) is 18.2 Å². The summed E-state index contributed by atoms with van der Waals surface area (Å²) in [6.45, 7) is 10.4. The number of rotatable bonds is 8. The molecule has 30 heavy (non-hydrogen) atoms. The number of carbonyl (C=O) groups excluding carboxylic acids is 1. The number of benzene rings is 2. The highest BCUT2D eigenvalue weighted by atomic mass is 32.2. The van der Waals surface area contributed by atoms with Crippen LogP contribution in [0.25, 0.3) is 11.4 Å². The van der Waals surface area contributed by atoms with Crippen molar-refractivity contribution in [2.24, 2.45) is 0 Å². The van der Waals surface area contributed by atoms with Crippen molar-refractivity contribution in [3.05, 3.63) is 65.7 Å². The summed E-state index contributed by atoms with van der Waals surface area (Å²) in [7, 11) is 1.63. The third kappa shape index (κ3) is 4.91. The van der Waals surface area contributed by atoms with Gasteiger partial charge in [0.25, 0.3) is 0 Å². The van der Waals surface area contributed by atoms with Gasteiger partial charge in [-0.2, -0.15) is 0 Å². The fraction of sp³-hybridized carbons (Fsp3) is 0.261. The van der Waals surface area contributed by atoms with Crippen LogP contribution < -0.4 is 10.1 Å². The largest absolute Gasteiger partial charge is 0.497 e. The minimum atomic E-state index is -0.0748. The van der Waals surface area contributed by atoms with Crippen LogP contribution >= 0.6 is 11.8 Å². The molecule has 0 spiro atoms. The number of aromatic nitrogens is 3. The van der Waals surface area contributed by atoms with Gasteiger partial charge in [-0.05, 0) is 56.2 Å². The summed E-state index contributed by atoms with van der Waals surface area (Å²) in [5.41, 5.74) is 5.09. The van der Waals surface area contributed by atoms with E-state index in [2.05, 4.69) is 34.2 Å². The molecule has 6 nitrogen and oxygen atoms in total. The van der Waals surface area contributed by atoms with E-state index in [0.29, 0.717) is 11.7 Å². The number of anilines is 1. The van der Waals surface area contributed by atoms with Gasteiger partial charge in [-0.3, -0.25) is 9.36 Å². The van der Waals surface area contributed by atoms with Crippen LogP contribution in [-0.2, 0) is 11.3 Å². The van der Waals surface area contributed by atoms with Gasteiger partial charge in [0.15, 0.2) is 11.0 Å². The first-order valence-electron chi connectivity index (χ1n) is 9.62. The SMILES string of the molecule is C=CCn1c(SCC(=O)Nc2c(C)cc(C)cc2C)nnc1-c1ccc(OC)cc1. The minimum absolute atomic E-state index is 0.0748. The monoisotopic (exact) mass is 422 g/mol. The first-order chi connectivity index (χ1) is 14.4. The molecular weight excluding hydrogens is 396 g/mol. The zero-order valence-corrected chi connectivity index (χ0v) is 18.5. The number of methoxy groups -OCH3 is 1. The molecule has 0 unspecified atom stereocenters. The van der Waals surface area contributed by atoms with Crippen LogP contribution in [0.2, 0.25) is 0 Å². The Morgan fingerprint density at radius 1 is 1.17 bits per heavy atom. The van der Waals surface area contributed by atoms with E-state index in [-0.39, 0.29) is 11.7 Å². The molecule has 0 atom stereocenters. The Morgan fingerprint density at radius 2 is 1.83 bits per heavy atom. The zero-order chi connectivity index (χ0) is 21.7. The van der Waals surface area contributed by atoms with Gasteiger partial charge in [0.2, 0.25) is 5.91 Å². The van der Waals surface area contributed by atoms with Crippen molar-refractivity contribution in [2.45, 2.75) is 32.5 Å². The molecule has 3 rings (SSSR count). The molecule has 7 heteroatoms. The van der Waals surface area contributed by atoms with Crippen molar-refractivity contribution in [3.63, 3.8) is 0 Å². The molecule has 0 bridgehead atoms. The van der Waals surface area contributed by atoms with Gasteiger partial charge in [0.1, 0.15) is 5.75 Å². The highest BCUT2D eigenvalue weighted by molar-refractivity contribution is 7.99. The summed E-state index contributed by atoms with van der Waals surface area (Å²) in [4.78, 5) is 12.6. The lowest BCUT2D eigenvalue weighted by atomic mass is 10.1. The molecule has 1 heterocycles. The van der Waals surface area contributed by atoms with Gasteiger partial charge in [-0.25, -0.2) is 0 Å². The number of carbonyl (C=O) groups is 1. The summed E-state index contributed by atoms with van der Waals surface area (Å²) in [5, 5.41) is 12.3. The number of nitrogens with one attached hydrogen (secondary N) is 1. The van der Waals surface area contributed by atoms with Gasteiger partial charge in [0.05, 0.1) is 12.9 Å². The predicted molar refractivity (Wildman–Crippen MR) is 122 cm³/mol. The third-order valence-corrected chi connectivity index (χ3v) is 5.62. The summed E-state index contributed by atoms with van der Waals surface area (Å²) in [6.07, 6.45) is 1.79. The molecule has 0 aliphatic heterocycles. The topological polar surface area (TPSA) is 69.0 Å². The number of amides is 1. The Balaban J connectivity index is 1.74. The number of thioether (sulfide) groups is 1. The Hall–Kier alpha value is -3.06. The fourth-order valence-corrected chi connectivity index (χ4v) is 4.07. The van der Waals surface area contributed by atoms with Crippen LogP contribution in [0.3, 0.4) is 0 Å². The second-order valence-corrected chi connectivity index (χ2v) is 7.99. The molecule has 0 radical (unpaired) electrons. The Kier molecular flexibility index (Phi) is 6.95. The third-order valence-electron chi connectivity index (χ3n) is 4.65. The molecule has 156 valence electrons. The van der Waals surface area contributed by atoms with Crippen LogP contribution in [0.5, 0.6) is 5.75 Å². The molecule has 0 saturated carbocycles. The molecule has 0 saturated heterocycles. The van der Waals surface area contributed by atoms with Crippen LogP contribution in [-0.4, -0.2) is 33.5 Å². The lowest BCUT2D eigenvalue weighted by molar-refractivity contribution is -0.113. The van der Waals surface area contributed by atoms with E-state index in [9.17, 15) is 4.79 Å². The molecular formula is C23H26N4O2S. The first-order valence-corrected chi connectivity index (χ1v) is 10.6. The molecule has 0 aliphatic carbocycles. The average Bonchev–Trinajstić information content (AvgIpc) is 3.12. The van der Waals surface area contributed by atoms with Gasteiger partial charge in [-0.1, -0.05) is 35.5 Å². The minimum Gasteiger partial charge on any atom is -0.497 e. The van der Waals surface area contributed by atoms with Crippen molar-refractivity contribution in [1.29, 1.82) is 0 Å². The first kappa shape index (κ1) is 21.6. The van der Waals surface area contributed by atoms with Crippen LogP contribution in [0.15, 0.2) is 54.2 Å². The van der Waals surface area contributed by atoms with E-state index in [1.54, 1.807) is 13.2 Å². The van der Waals surface area contributed by atoms with E-state index in [1.165, 1.54) is 17.3 Å². The van der Waals surface area contributed by atoms with Crippen molar-refractivity contribution < 1.29 is 9.53 Å². The summed E-state index contributed by atoms with van der Waals surface area (Å²) in [6, 6.07) is 11.8. The molecule has 2 aromatic carbocycles. The lowest BCUT2D eigenvalue weighted by Gasteiger charge is -2.13. The number of aryl methyl sites for hydroxylation is 3. The molecule has 0 fully saturated rings. The molecule has 1 N–H and O–H groups in total. The fourth-order valence-electron chi connectivity index (χ4n) is 3.33. The van der Waals surface area contributed by atoms with Crippen LogP contribution in [0, 0.1) is 20.8 Å². The van der Waals surface area contributed by atoms with Gasteiger partial charge >= 0.3 is 0 Å². The lowest BCUT2D eigenvalue weighted by Crippen LogP contribution is -2.16. The highest BCUT2D eigenvalue weighted by Crippen LogP contribution is 2.27. The standard InChI is InChI=1S/C23H26N4O2S/c1-6-11-27-22(18-7-9-19(29-5)10-8-18)25-26-23(27)30-14-20(28)24-21-16(3)12-15(2)13-17(21)4/h6-10,12-13H,1,11,14H2,2-5H3,(H,24,28). The summed E-state index contributed by atoms with van der Waals surface area (Å²) < 4.78 is 7.17. The maximum absolute atomic E-state index is 12.6. The molecule has 1 amide bonds. The number of allylic oxidation sites excluding steroid dienone is 1. The zero-order valence-electron chi connectivity index (χ0n) is 17.7. The van der Waals surface area contributed by atoms with E-state index in [4.69, 9.17) is 4.74 Å². The smallest absolute Gasteiger partial charge is 0.234 e. The second-order valence-electron chi connectivity index (χ2n) is 7.04. The maximum Gasteiger partial charge on any atom is 0.234 e. The Morgan fingerprint density at radius 3 is 2.43 bits per heavy atom. The molecule has 3 aromatic rings. The maximum atomic E-state index is 12.6. The predicted octanol–water partition coefficient (Wildman–Crippen LogP) is 4.80. The van der Waals surface area contributed by atoms with E-state index >= 15 is 0 Å². The molecule has 0 aliphatic rings. The normalized spacial score (nSPS) is 10.7. The number of nitrogens with zero attached hydrogens (tertiary/aromatic N) is 3.